The normalized spacial score (nSPS) is 15.3. The molecule has 15 heteroatoms. The lowest BCUT2D eigenvalue weighted by Gasteiger charge is -2.19. The Morgan fingerprint density at radius 3 is 2.52 bits per heavy atom. The molecule has 1 aliphatic rings. The van der Waals surface area contributed by atoms with Gasteiger partial charge < -0.3 is 30.0 Å². The smallest absolute Gasteiger partial charge is 0.408 e. The fourth-order valence-corrected chi connectivity index (χ4v) is 6.43. The van der Waals surface area contributed by atoms with Crippen LogP contribution in [0.2, 0.25) is 0 Å². The standard InChI is InChI=1S/C33H34N4O10S/c1-45-32(41)30-26(38)10-7-11-27(30)46-15-6-5-14-35-31(40)25(36-33(42)47-20-21-8-3-2-4-9-21)17-22-12-13-24(23(16-22)19-34)28-18-29(39)37-48(28,43)44/h2-4,7-13,16,25,28,38H,5-6,14-15,17-18,20H2,1H3,(H,35,40)(H,36,42)(H,37,39)/t25-,28?/m0/s1. The zero-order chi connectivity index (χ0) is 34.7. The van der Waals surface area contributed by atoms with Gasteiger partial charge in [-0.05, 0) is 47.7 Å². The number of esters is 1. The number of hydrogen-bond acceptors (Lipinski definition) is 11. The molecule has 4 N–H and O–H groups in total. The molecule has 4 rings (SSSR count). The zero-order valence-corrected chi connectivity index (χ0v) is 26.7. The van der Waals surface area contributed by atoms with Gasteiger partial charge in [-0.2, -0.15) is 5.26 Å². The summed E-state index contributed by atoms with van der Waals surface area (Å²) in [6.07, 6.45) is -0.311. The van der Waals surface area contributed by atoms with E-state index in [1.165, 1.54) is 43.5 Å². The number of rotatable bonds is 14. The van der Waals surface area contributed by atoms with Crippen LogP contribution in [0.25, 0.3) is 0 Å². The highest BCUT2D eigenvalue weighted by Gasteiger charge is 2.39. The molecule has 1 unspecified atom stereocenters. The number of aromatic hydroxyl groups is 1. The molecule has 0 spiro atoms. The Morgan fingerprint density at radius 2 is 1.83 bits per heavy atom. The Labute approximate surface area is 277 Å². The lowest BCUT2D eigenvalue weighted by atomic mass is 9.97. The van der Waals surface area contributed by atoms with Crippen LogP contribution < -0.4 is 20.1 Å². The molecule has 0 aliphatic carbocycles. The minimum atomic E-state index is -3.99. The predicted octanol–water partition coefficient (Wildman–Crippen LogP) is 2.75. The number of unbranched alkanes of at least 4 members (excludes halogenated alkanes) is 1. The van der Waals surface area contributed by atoms with Gasteiger partial charge in [0.05, 0.1) is 31.8 Å². The molecular weight excluding hydrogens is 644 g/mol. The first-order valence-corrected chi connectivity index (χ1v) is 16.4. The third-order valence-electron chi connectivity index (χ3n) is 7.37. The third-order valence-corrected chi connectivity index (χ3v) is 9.05. The molecule has 1 fully saturated rings. The van der Waals surface area contributed by atoms with Crippen molar-refractivity contribution in [2.75, 3.05) is 20.3 Å². The molecule has 0 radical (unpaired) electrons. The van der Waals surface area contributed by atoms with Crippen molar-refractivity contribution in [1.29, 1.82) is 5.26 Å². The van der Waals surface area contributed by atoms with Gasteiger partial charge in [-0.1, -0.05) is 48.5 Å². The van der Waals surface area contributed by atoms with Crippen LogP contribution in [-0.2, 0) is 42.1 Å². The number of carbonyl (C=O) groups is 4. The molecule has 1 saturated heterocycles. The predicted molar refractivity (Wildman–Crippen MR) is 170 cm³/mol. The topological polar surface area (TPSA) is 210 Å². The zero-order valence-electron chi connectivity index (χ0n) is 25.9. The molecule has 0 bridgehead atoms. The second kappa shape index (κ2) is 16.3. The van der Waals surface area contributed by atoms with E-state index in [1.54, 1.807) is 24.3 Å². The van der Waals surface area contributed by atoms with Gasteiger partial charge in [0.25, 0.3) is 0 Å². The van der Waals surface area contributed by atoms with Crippen molar-refractivity contribution in [3.05, 3.63) is 94.5 Å². The van der Waals surface area contributed by atoms with Crippen LogP contribution >= 0.6 is 0 Å². The first-order chi connectivity index (χ1) is 23.0. The number of nitrogens with one attached hydrogen (secondary N) is 3. The molecular formula is C33H34N4O10S. The van der Waals surface area contributed by atoms with Gasteiger partial charge in [0.2, 0.25) is 21.8 Å². The lowest BCUT2D eigenvalue weighted by Crippen LogP contribution is -2.48. The number of sulfonamides is 1. The monoisotopic (exact) mass is 678 g/mol. The van der Waals surface area contributed by atoms with Crippen molar-refractivity contribution in [2.24, 2.45) is 0 Å². The molecule has 48 heavy (non-hydrogen) atoms. The lowest BCUT2D eigenvalue weighted by molar-refractivity contribution is -0.123. The molecule has 2 atom stereocenters. The summed E-state index contributed by atoms with van der Waals surface area (Å²) in [5, 5.41) is 23.9. The van der Waals surface area contributed by atoms with E-state index < -0.39 is 45.2 Å². The van der Waals surface area contributed by atoms with Crippen molar-refractivity contribution < 1.29 is 46.9 Å². The Hall–Kier alpha value is -5.62. The van der Waals surface area contributed by atoms with E-state index in [0.29, 0.717) is 18.4 Å². The minimum absolute atomic E-state index is 0.0190. The summed E-state index contributed by atoms with van der Waals surface area (Å²) in [5.41, 5.74) is 1.27. The van der Waals surface area contributed by atoms with Gasteiger partial charge in [-0.15, -0.1) is 0 Å². The highest BCUT2D eigenvalue weighted by atomic mass is 32.2. The van der Waals surface area contributed by atoms with Crippen molar-refractivity contribution in [1.82, 2.24) is 15.4 Å². The molecule has 14 nitrogen and oxygen atoms in total. The van der Waals surface area contributed by atoms with Gasteiger partial charge in [-0.3, -0.25) is 14.3 Å². The second-order valence-corrected chi connectivity index (χ2v) is 12.6. The fourth-order valence-electron chi connectivity index (χ4n) is 4.98. The van der Waals surface area contributed by atoms with E-state index in [0.717, 1.165) is 5.56 Å². The van der Waals surface area contributed by atoms with Crippen molar-refractivity contribution >= 4 is 33.9 Å². The summed E-state index contributed by atoms with van der Waals surface area (Å²) in [6.45, 7) is 0.331. The van der Waals surface area contributed by atoms with Crippen molar-refractivity contribution in [3.8, 4) is 17.6 Å². The van der Waals surface area contributed by atoms with Crippen LogP contribution in [0, 0.1) is 11.3 Å². The van der Waals surface area contributed by atoms with E-state index in [4.69, 9.17) is 14.2 Å². The molecule has 3 amide bonds. The van der Waals surface area contributed by atoms with Crippen LogP contribution in [0.4, 0.5) is 4.79 Å². The molecule has 252 valence electrons. The van der Waals surface area contributed by atoms with Gasteiger partial charge in [0, 0.05) is 13.0 Å². The Bertz CT molecular complexity index is 1810. The van der Waals surface area contributed by atoms with Crippen molar-refractivity contribution in [2.45, 2.75) is 43.6 Å². The average Bonchev–Trinajstić information content (AvgIpc) is 3.35. The van der Waals surface area contributed by atoms with Crippen molar-refractivity contribution in [3.63, 3.8) is 0 Å². The highest BCUT2D eigenvalue weighted by molar-refractivity contribution is 7.90. The number of phenolic OH excluding ortho intramolecular Hbond substituents is 1. The van der Waals surface area contributed by atoms with Crippen LogP contribution in [0.1, 0.15) is 57.1 Å². The van der Waals surface area contributed by atoms with E-state index in [9.17, 15) is 38.0 Å². The molecule has 3 aromatic carbocycles. The first-order valence-electron chi connectivity index (χ1n) is 14.9. The second-order valence-electron chi connectivity index (χ2n) is 10.7. The summed E-state index contributed by atoms with van der Waals surface area (Å²) in [5.74, 6) is -2.08. The largest absolute Gasteiger partial charge is 0.507 e. The van der Waals surface area contributed by atoms with E-state index in [1.807, 2.05) is 16.9 Å². The maximum atomic E-state index is 13.3. The molecule has 1 heterocycles. The summed E-state index contributed by atoms with van der Waals surface area (Å²) in [6, 6.07) is 18.6. The number of alkyl carbamates (subject to hydrolysis) is 1. The van der Waals surface area contributed by atoms with E-state index in [2.05, 4.69) is 10.6 Å². The number of methoxy groups -OCH3 is 1. The van der Waals surface area contributed by atoms with Crippen LogP contribution in [0.15, 0.2) is 66.7 Å². The summed E-state index contributed by atoms with van der Waals surface area (Å²) < 4.78 is 42.3. The quantitative estimate of drug-likeness (QED) is 0.144. The van der Waals surface area contributed by atoms with E-state index >= 15 is 0 Å². The molecule has 0 saturated carbocycles. The van der Waals surface area contributed by atoms with Gasteiger partial charge in [0.15, 0.2) is 0 Å². The number of hydrogen-bond donors (Lipinski definition) is 4. The van der Waals surface area contributed by atoms with Crippen LogP contribution in [0.3, 0.4) is 0 Å². The third kappa shape index (κ3) is 9.23. The maximum Gasteiger partial charge on any atom is 0.408 e. The Kier molecular flexibility index (Phi) is 12.0. The number of nitriles is 1. The van der Waals surface area contributed by atoms with Gasteiger partial charge >= 0.3 is 12.1 Å². The highest BCUT2D eigenvalue weighted by Crippen LogP contribution is 2.33. The number of nitrogens with zero attached hydrogens (tertiary/aromatic N) is 1. The maximum absolute atomic E-state index is 13.3. The minimum Gasteiger partial charge on any atom is -0.507 e. The summed E-state index contributed by atoms with van der Waals surface area (Å²) >= 11 is 0. The Balaban J connectivity index is 1.39. The molecule has 1 aliphatic heterocycles. The summed E-state index contributed by atoms with van der Waals surface area (Å²) in [7, 11) is -2.80. The number of benzene rings is 3. The van der Waals surface area contributed by atoms with Crippen LogP contribution in [-0.4, -0.2) is 63.7 Å². The number of amides is 3. The van der Waals surface area contributed by atoms with Gasteiger partial charge in [0.1, 0.15) is 35.0 Å². The number of ether oxygens (including phenoxy) is 3. The van der Waals surface area contributed by atoms with Crippen LogP contribution in [0.5, 0.6) is 11.5 Å². The Morgan fingerprint density at radius 1 is 1.06 bits per heavy atom. The number of carbonyl (C=O) groups excluding carboxylic acids is 4. The molecule has 0 aromatic heterocycles. The molecule has 3 aromatic rings. The fraction of sp³-hybridized carbons (Fsp3) is 0.303. The SMILES string of the molecule is COC(=O)c1c(O)cccc1OCCCCNC(=O)[C@H](Cc1ccc(C2CC(=O)NS2(=O)=O)c(C#N)c1)NC(=O)OCc1ccccc1. The van der Waals surface area contributed by atoms with E-state index in [-0.39, 0.29) is 60.8 Å². The number of phenols is 1. The average molecular weight is 679 g/mol. The summed E-state index contributed by atoms with van der Waals surface area (Å²) in [4.78, 5) is 49.7. The van der Waals surface area contributed by atoms with Gasteiger partial charge in [-0.25, -0.2) is 18.0 Å². The first kappa shape index (κ1) is 35.2.